The maximum Gasteiger partial charge on any atom is 0.418 e. The predicted molar refractivity (Wildman–Crippen MR) is 53.7 cm³/mol. The number of nitrogens with zero attached hydrogens (tertiary/aromatic N) is 2. The molecule has 0 aliphatic carbocycles. The van der Waals surface area contributed by atoms with Crippen molar-refractivity contribution in [1.29, 1.82) is 0 Å². The molecule has 2 rings (SSSR count). The number of hydrogen-bond donors (Lipinski definition) is 2. The van der Waals surface area contributed by atoms with E-state index in [1.54, 1.807) is 4.98 Å². The Morgan fingerprint density at radius 2 is 1.89 bits per heavy atom. The number of alkyl halides is 3. The highest BCUT2D eigenvalue weighted by atomic mass is 19.4. The van der Waals surface area contributed by atoms with Crippen LogP contribution in [0.1, 0.15) is 5.56 Å². The van der Waals surface area contributed by atoms with E-state index in [2.05, 4.69) is 9.97 Å². The summed E-state index contributed by atoms with van der Waals surface area (Å²) in [4.78, 5) is 32.4. The van der Waals surface area contributed by atoms with Crippen molar-refractivity contribution in [1.82, 2.24) is 19.9 Å². The van der Waals surface area contributed by atoms with Gasteiger partial charge in [-0.05, 0) is 12.1 Å². The normalized spacial score (nSPS) is 11.5. The minimum Gasteiger partial charge on any atom is -0.290 e. The topological polar surface area (TPSA) is 91.5 Å². The third kappa shape index (κ3) is 2.29. The average Bonchev–Trinajstić information content (AvgIpc) is 2.26. The highest BCUT2D eigenvalue weighted by Crippen LogP contribution is 2.33. The van der Waals surface area contributed by atoms with Gasteiger partial charge in [0.05, 0.1) is 5.56 Å². The van der Waals surface area contributed by atoms with Gasteiger partial charge in [0.15, 0.2) is 5.82 Å². The number of H-pyrrole nitrogens is 2. The SMILES string of the molecule is O=c1nc(-c2ncccc2C(F)(F)F)[nH]c(=O)[nH]1. The molecule has 0 aliphatic heterocycles. The Balaban J connectivity index is 2.72. The number of aromatic nitrogens is 4. The Morgan fingerprint density at radius 1 is 1.17 bits per heavy atom. The Labute approximate surface area is 96.6 Å². The van der Waals surface area contributed by atoms with Crippen LogP contribution >= 0.6 is 0 Å². The summed E-state index contributed by atoms with van der Waals surface area (Å²) in [6.45, 7) is 0. The van der Waals surface area contributed by atoms with Crippen LogP contribution in [0.15, 0.2) is 27.9 Å². The lowest BCUT2D eigenvalue weighted by atomic mass is 10.2. The van der Waals surface area contributed by atoms with E-state index < -0.39 is 34.6 Å². The Hall–Kier alpha value is -2.45. The van der Waals surface area contributed by atoms with Crippen LogP contribution in [-0.2, 0) is 6.18 Å². The average molecular weight is 258 g/mol. The van der Waals surface area contributed by atoms with Gasteiger partial charge in [-0.25, -0.2) is 9.59 Å². The van der Waals surface area contributed by atoms with E-state index in [9.17, 15) is 22.8 Å². The van der Waals surface area contributed by atoms with Crippen molar-refractivity contribution in [2.45, 2.75) is 6.18 Å². The van der Waals surface area contributed by atoms with Crippen molar-refractivity contribution in [3.8, 4) is 11.5 Å². The fourth-order valence-electron chi connectivity index (χ4n) is 1.33. The van der Waals surface area contributed by atoms with E-state index in [1.165, 1.54) is 0 Å². The minimum absolute atomic E-state index is 0.531. The van der Waals surface area contributed by atoms with Crippen molar-refractivity contribution in [3.05, 3.63) is 44.9 Å². The van der Waals surface area contributed by atoms with Crippen LogP contribution in [0.3, 0.4) is 0 Å². The van der Waals surface area contributed by atoms with Gasteiger partial charge in [-0.1, -0.05) is 0 Å². The van der Waals surface area contributed by atoms with Crippen molar-refractivity contribution in [2.75, 3.05) is 0 Å². The maximum atomic E-state index is 12.7. The van der Waals surface area contributed by atoms with Gasteiger partial charge >= 0.3 is 17.6 Å². The number of nitrogens with one attached hydrogen (secondary N) is 2. The number of halogens is 3. The van der Waals surface area contributed by atoms with Crippen molar-refractivity contribution in [2.24, 2.45) is 0 Å². The molecule has 18 heavy (non-hydrogen) atoms. The number of aromatic amines is 2. The first-order valence-corrected chi connectivity index (χ1v) is 4.61. The summed E-state index contributed by atoms with van der Waals surface area (Å²) >= 11 is 0. The second-order valence-electron chi connectivity index (χ2n) is 3.24. The molecule has 94 valence electrons. The quantitative estimate of drug-likeness (QED) is 0.780. The molecule has 2 heterocycles. The number of rotatable bonds is 1. The van der Waals surface area contributed by atoms with Gasteiger partial charge in [0.2, 0.25) is 0 Å². The summed E-state index contributed by atoms with van der Waals surface area (Å²) in [5.74, 6) is -0.531. The molecule has 0 saturated carbocycles. The van der Waals surface area contributed by atoms with Crippen LogP contribution in [-0.4, -0.2) is 19.9 Å². The standard InChI is InChI=1S/C9H5F3N4O2/c10-9(11,12)4-2-1-3-13-5(4)6-14-7(17)16-8(18)15-6/h1-3H,(H2,14,15,16,17,18). The first kappa shape index (κ1) is 12.0. The van der Waals surface area contributed by atoms with Gasteiger partial charge in [-0.15, -0.1) is 0 Å². The molecule has 0 spiro atoms. The summed E-state index contributed by atoms with van der Waals surface area (Å²) in [5.41, 5.74) is -3.69. The molecular weight excluding hydrogens is 253 g/mol. The smallest absolute Gasteiger partial charge is 0.290 e. The maximum absolute atomic E-state index is 12.7. The summed E-state index contributed by atoms with van der Waals surface area (Å²) in [6.07, 6.45) is -3.56. The highest BCUT2D eigenvalue weighted by Gasteiger charge is 2.35. The number of hydrogen-bond acceptors (Lipinski definition) is 4. The Bertz CT molecular complexity index is 661. The molecule has 0 aliphatic rings. The molecule has 2 aromatic rings. The predicted octanol–water partition coefficient (Wildman–Crippen LogP) is 0.539. The van der Waals surface area contributed by atoms with Gasteiger partial charge in [0, 0.05) is 6.20 Å². The molecular formula is C9H5F3N4O2. The molecule has 2 aromatic heterocycles. The molecule has 6 nitrogen and oxygen atoms in total. The summed E-state index contributed by atoms with van der Waals surface area (Å²) in [5, 5.41) is 0. The van der Waals surface area contributed by atoms with E-state index in [0.717, 1.165) is 18.3 Å². The van der Waals surface area contributed by atoms with E-state index in [1.807, 2.05) is 4.98 Å². The van der Waals surface area contributed by atoms with E-state index in [-0.39, 0.29) is 0 Å². The zero-order valence-corrected chi connectivity index (χ0v) is 8.58. The van der Waals surface area contributed by atoms with Crippen molar-refractivity contribution >= 4 is 0 Å². The number of pyridine rings is 1. The molecule has 0 unspecified atom stereocenters. The van der Waals surface area contributed by atoms with Crippen molar-refractivity contribution < 1.29 is 13.2 Å². The van der Waals surface area contributed by atoms with E-state index >= 15 is 0 Å². The molecule has 0 saturated heterocycles. The minimum atomic E-state index is -4.66. The van der Waals surface area contributed by atoms with E-state index in [0.29, 0.717) is 0 Å². The highest BCUT2D eigenvalue weighted by molar-refractivity contribution is 5.54. The van der Waals surface area contributed by atoms with Crippen LogP contribution in [0.25, 0.3) is 11.5 Å². The molecule has 0 atom stereocenters. The van der Waals surface area contributed by atoms with Gasteiger partial charge in [-0.2, -0.15) is 18.2 Å². The molecule has 0 amide bonds. The van der Waals surface area contributed by atoms with Crippen LogP contribution in [0.2, 0.25) is 0 Å². The zero-order valence-electron chi connectivity index (χ0n) is 8.58. The van der Waals surface area contributed by atoms with Crippen LogP contribution in [0, 0.1) is 0 Å². The lowest BCUT2D eigenvalue weighted by Crippen LogP contribution is -2.26. The zero-order chi connectivity index (χ0) is 13.3. The largest absolute Gasteiger partial charge is 0.418 e. The fraction of sp³-hybridized carbons (Fsp3) is 0.111. The van der Waals surface area contributed by atoms with Gasteiger partial charge in [0.25, 0.3) is 0 Å². The summed E-state index contributed by atoms with van der Waals surface area (Å²) in [6, 6.07) is 1.88. The lowest BCUT2D eigenvalue weighted by Gasteiger charge is -2.10. The molecule has 0 fully saturated rings. The molecule has 0 aromatic carbocycles. The molecule has 0 bridgehead atoms. The molecule has 0 radical (unpaired) electrons. The van der Waals surface area contributed by atoms with Crippen LogP contribution in [0.4, 0.5) is 13.2 Å². The van der Waals surface area contributed by atoms with Gasteiger partial charge in [0.1, 0.15) is 5.69 Å². The monoisotopic (exact) mass is 258 g/mol. The lowest BCUT2D eigenvalue weighted by molar-refractivity contribution is -0.137. The summed E-state index contributed by atoms with van der Waals surface area (Å²) in [7, 11) is 0. The van der Waals surface area contributed by atoms with E-state index in [4.69, 9.17) is 0 Å². The second-order valence-corrected chi connectivity index (χ2v) is 3.24. The van der Waals surface area contributed by atoms with Crippen LogP contribution < -0.4 is 11.4 Å². The Morgan fingerprint density at radius 3 is 2.50 bits per heavy atom. The molecule has 9 heteroatoms. The molecule has 2 N–H and O–H groups in total. The first-order valence-electron chi connectivity index (χ1n) is 4.61. The Kier molecular flexibility index (Phi) is 2.73. The third-order valence-electron chi connectivity index (χ3n) is 2.00. The van der Waals surface area contributed by atoms with Gasteiger partial charge < -0.3 is 0 Å². The van der Waals surface area contributed by atoms with Gasteiger partial charge in [-0.3, -0.25) is 15.0 Å². The third-order valence-corrected chi connectivity index (χ3v) is 2.00. The van der Waals surface area contributed by atoms with Crippen molar-refractivity contribution in [3.63, 3.8) is 0 Å². The van der Waals surface area contributed by atoms with Crippen LogP contribution in [0.5, 0.6) is 0 Å². The fourth-order valence-corrected chi connectivity index (χ4v) is 1.33. The summed E-state index contributed by atoms with van der Waals surface area (Å²) < 4.78 is 38.1. The second kappa shape index (κ2) is 4.09. The first-order chi connectivity index (χ1) is 8.38.